The maximum atomic E-state index is 5.28. The molecule has 0 radical (unpaired) electrons. The van der Waals surface area contributed by atoms with Gasteiger partial charge in [0.05, 0.1) is 0 Å². The highest BCUT2D eigenvalue weighted by atomic mass is 16.5. The first-order valence-corrected chi connectivity index (χ1v) is 9.79. The molecule has 27 heavy (non-hydrogen) atoms. The van der Waals surface area contributed by atoms with Crippen LogP contribution in [0.15, 0.2) is 45.6 Å². The van der Waals surface area contributed by atoms with Crippen LogP contribution in [0.25, 0.3) is 11.6 Å². The molecule has 3 rings (SSSR count). The maximum Gasteiger partial charge on any atom is 0.276 e. The largest absolute Gasteiger partial charge is 0.357 e. The molecule has 1 aliphatic carbocycles. The minimum Gasteiger partial charge on any atom is -0.357 e. The van der Waals surface area contributed by atoms with E-state index < -0.39 is 0 Å². The fraction of sp³-hybridized carbons (Fsp3) is 0.500. The number of guanidine groups is 1. The second-order valence-corrected chi connectivity index (χ2v) is 6.53. The lowest BCUT2D eigenvalue weighted by Gasteiger charge is -2.15. The van der Waals surface area contributed by atoms with Gasteiger partial charge in [-0.25, -0.2) is 0 Å². The Morgan fingerprint density at radius 3 is 2.96 bits per heavy atom. The molecule has 0 fully saturated rings. The van der Waals surface area contributed by atoms with Gasteiger partial charge < -0.3 is 15.2 Å². The average molecular weight is 368 g/mol. The number of allylic oxidation sites excluding steroid dienone is 1. The van der Waals surface area contributed by atoms with Crippen LogP contribution in [0.1, 0.15) is 44.9 Å². The molecule has 0 atom stereocenters. The SMILES string of the molecule is CCNC(=NCCc1noc(-c2ccccn2)n1)NCCC1=CCCCC1. The van der Waals surface area contributed by atoms with Gasteiger partial charge in [0.1, 0.15) is 5.69 Å². The van der Waals surface area contributed by atoms with Crippen LogP contribution >= 0.6 is 0 Å². The lowest BCUT2D eigenvalue weighted by molar-refractivity contribution is 0.421. The second kappa shape index (κ2) is 10.4. The number of hydrogen-bond donors (Lipinski definition) is 2. The van der Waals surface area contributed by atoms with Gasteiger partial charge in [0.15, 0.2) is 11.8 Å². The molecular weight excluding hydrogens is 340 g/mol. The Morgan fingerprint density at radius 2 is 2.19 bits per heavy atom. The Balaban J connectivity index is 1.47. The van der Waals surface area contributed by atoms with E-state index in [9.17, 15) is 0 Å². The van der Waals surface area contributed by atoms with E-state index in [1.807, 2.05) is 18.2 Å². The van der Waals surface area contributed by atoms with Gasteiger partial charge in [-0.05, 0) is 51.2 Å². The summed E-state index contributed by atoms with van der Waals surface area (Å²) in [6.45, 7) is 4.41. The van der Waals surface area contributed by atoms with E-state index in [2.05, 4.69) is 43.8 Å². The number of pyridine rings is 1. The molecule has 0 aromatic carbocycles. The van der Waals surface area contributed by atoms with E-state index in [1.54, 1.807) is 11.8 Å². The predicted octanol–water partition coefficient (Wildman–Crippen LogP) is 3.12. The lowest BCUT2D eigenvalue weighted by Crippen LogP contribution is -2.38. The van der Waals surface area contributed by atoms with Gasteiger partial charge in [0.2, 0.25) is 0 Å². The van der Waals surface area contributed by atoms with Crippen LogP contribution in [0, 0.1) is 0 Å². The fourth-order valence-corrected chi connectivity index (χ4v) is 3.03. The van der Waals surface area contributed by atoms with Gasteiger partial charge in [-0.1, -0.05) is 22.9 Å². The monoisotopic (exact) mass is 368 g/mol. The van der Waals surface area contributed by atoms with Gasteiger partial charge in [-0.15, -0.1) is 0 Å². The molecule has 0 unspecified atom stereocenters. The molecule has 2 aromatic rings. The first-order valence-electron chi connectivity index (χ1n) is 9.79. The minimum atomic E-state index is 0.445. The average Bonchev–Trinajstić information content (AvgIpc) is 3.18. The first-order chi connectivity index (χ1) is 13.3. The summed E-state index contributed by atoms with van der Waals surface area (Å²) in [6.07, 6.45) is 10.9. The normalized spacial score (nSPS) is 14.7. The van der Waals surface area contributed by atoms with Gasteiger partial charge in [-0.3, -0.25) is 9.98 Å². The van der Waals surface area contributed by atoms with Crippen LogP contribution < -0.4 is 10.6 Å². The highest BCUT2D eigenvalue weighted by Crippen LogP contribution is 2.19. The summed E-state index contributed by atoms with van der Waals surface area (Å²) >= 11 is 0. The molecule has 7 nitrogen and oxygen atoms in total. The Kier molecular flexibility index (Phi) is 7.38. The second-order valence-electron chi connectivity index (χ2n) is 6.53. The molecule has 144 valence electrons. The zero-order valence-corrected chi connectivity index (χ0v) is 15.9. The van der Waals surface area contributed by atoms with Crippen LogP contribution in [-0.4, -0.2) is 40.7 Å². The molecule has 0 spiro atoms. The van der Waals surface area contributed by atoms with Crippen LogP contribution in [0.3, 0.4) is 0 Å². The van der Waals surface area contributed by atoms with Crippen molar-refractivity contribution in [1.82, 2.24) is 25.8 Å². The van der Waals surface area contributed by atoms with Crippen molar-refractivity contribution in [3.05, 3.63) is 41.9 Å². The van der Waals surface area contributed by atoms with E-state index in [1.165, 1.54) is 25.7 Å². The smallest absolute Gasteiger partial charge is 0.276 e. The van der Waals surface area contributed by atoms with Gasteiger partial charge >= 0.3 is 0 Å². The highest BCUT2D eigenvalue weighted by molar-refractivity contribution is 5.79. The molecule has 2 N–H and O–H groups in total. The molecule has 2 heterocycles. The van der Waals surface area contributed by atoms with Crippen molar-refractivity contribution in [2.75, 3.05) is 19.6 Å². The predicted molar refractivity (Wildman–Crippen MR) is 106 cm³/mol. The topological polar surface area (TPSA) is 88.2 Å². The van der Waals surface area contributed by atoms with Crippen LogP contribution in [0.5, 0.6) is 0 Å². The summed E-state index contributed by atoms with van der Waals surface area (Å²) in [6, 6.07) is 5.61. The number of aliphatic imine (C=N–C) groups is 1. The Morgan fingerprint density at radius 1 is 1.22 bits per heavy atom. The summed E-state index contributed by atoms with van der Waals surface area (Å²) in [7, 11) is 0. The molecule has 2 aromatic heterocycles. The third kappa shape index (κ3) is 6.20. The molecule has 7 heteroatoms. The summed E-state index contributed by atoms with van der Waals surface area (Å²) in [5, 5.41) is 10.7. The Labute approximate surface area is 160 Å². The summed E-state index contributed by atoms with van der Waals surface area (Å²) in [5.74, 6) is 1.92. The van der Waals surface area contributed by atoms with E-state index in [0.717, 1.165) is 25.5 Å². The number of aromatic nitrogens is 3. The number of rotatable bonds is 8. The summed E-state index contributed by atoms with van der Waals surface area (Å²) in [5.41, 5.74) is 2.25. The Bertz CT molecular complexity index is 753. The van der Waals surface area contributed by atoms with Crippen molar-refractivity contribution in [2.24, 2.45) is 4.99 Å². The van der Waals surface area contributed by atoms with Gasteiger partial charge in [-0.2, -0.15) is 4.98 Å². The van der Waals surface area contributed by atoms with Crippen molar-refractivity contribution in [3.8, 4) is 11.6 Å². The highest BCUT2D eigenvalue weighted by Gasteiger charge is 2.09. The number of nitrogens with one attached hydrogen (secondary N) is 2. The van der Waals surface area contributed by atoms with Crippen LogP contribution in [0.2, 0.25) is 0 Å². The molecule has 0 saturated carbocycles. The zero-order valence-electron chi connectivity index (χ0n) is 15.9. The third-order valence-electron chi connectivity index (χ3n) is 4.43. The Hall–Kier alpha value is -2.70. The molecule has 0 amide bonds. The first kappa shape index (κ1) is 19.1. The van der Waals surface area contributed by atoms with Crippen molar-refractivity contribution in [2.45, 2.75) is 45.4 Å². The molecule has 0 saturated heterocycles. The number of hydrogen-bond acceptors (Lipinski definition) is 5. The molecule has 0 bridgehead atoms. The van der Waals surface area contributed by atoms with Crippen molar-refractivity contribution < 1.29 is 4.52 Å². The fourth-order valence-electron chi connectivity index (χ4n) is 3.03. The van der Waals surface area contributed by atoms with E-state index in [4.69, 9.17) is 4.52 Å². The van der Waals surface area contributed by atoms with Crippen LogP contribution in [0.4, 0.5) is 0 Å². The van der Waals surface area contributed by atoms with Gasteiger partial charge in [0.25, 0.3) is 5.89 Å². The summed E-state index contributed by atoms with van der Waals surface area (Å²) in [4.78, 5) is 13.2. The molecule has 0 aliphatic heterocycles. The maximum absolute atomic E-state index is 5.28. The van der Waals surface area contributed by atoms with Crippen molar-refractivity contribution >= 4 is 5.96 Å². The standard InChI is InChI=1S/C20H28N6O/c1-2-21-20(23-14-11-16-8-4-3-5-9-16)24-15-12-18-25-19(27-26-18)17-10-6-7-13-22-17/h6-8,10,13H,2-5,9,11-12,14-15H2,1H3,(H2,21,23,24). The third-order valence-corrected chi connectivity index (χ3v) is 4.43. The zero-order chi connectivity index (χ0) is 18.7. The number of nitrogens with zero attached hydrogens (tertiary/aromatic N) is 4. The summed E-state index contributed by atoms with van der Waals surface area (Å²) < 4.78 is 5.28. The minimum absolute atomic E-state index is 0.445. The molecular formula is C20H28N6O. The molecule has 1 aliphatic rings. The van der Waals surface area contributed by atoms with Gasteiger partial charge in [0, 0.05) is 32.3 Å². The van der Waals surface area contributed by atoms with E-state index in [0.29, 0.717) is 30.4 Å². The van der Waals surface area contributed by atoms with Crippen molar-refractivity contribution in [1.29, 1.82) is 0 Å². The van der Waals surface area contributed by atoms with E-state index >= 15 is 0 Å². The van der Waals surface area contributed by atoms with E-state index in [-0.39, 0.29) is 0 Å². The van der Waals surface area contributed by atoms with Crippen LogP contribution in [-0.2, 0) is 6.42 Å². The lowest BCUT2D eigenvalue weighted by atomic mass is 9.97. The van der Waals surface area contributed by atoms with Crippen molar-refractivity contribution in [3.63, 3.8) is 0 Å². The quantitative estimate of drug-likeness (QED) is 0.423.